The highest BCUT2D eigenvalue weighted by molar-refractivity contribution is 7.99. The number of allylic oxidation sites excluding steroid dienone is 1. The third kappa shape index (κ3) is 4.08. The average Bonchev–Trinajstić information content (AvgIpc) is 2.55. The molecule has 2 rings (SSSR count). The highest BCUT2D eigenvalue weighted by atomic mass is 35.5. The van der Waals surface area contributed by atoms with Crippen molar-refractivity contribution in [2.24, 2.45) is 0 Å². The maximum atomic E-state index is 14.0. The number of ether oxygens (including phenoxy) is 1. The standard InChI is InChI=1S/C15H17ClFNO3S/c1-21-13-7-10(6-11(16)14(13)19)15(20)18-8-12(17)9-2-4-22-5-3-9/h6-7,19H,2-5,8H2,1H3,(H,18,20). The Morgan fingerprint density at radius 2 is 2.14 bits per heavy atom. The van der Waals surface area contributed by atoms with E-state index in [0.29, 0.717) is 0 Å². The Bertz CT molecular complexity index is 599. The van der Waals surface area contributed by atoms with Crippen LogP contribution in [0.5, 0.6) is 11.5 Å². The molecule has 0 spiro atoms. The minimum absolute atomic E-state index is 0.00707. The number of rotatable bonds is 4. The summed E-state index contributed by atoms with van der Waals surface area (Å²) in [5.74, 6) is 0.962. The zero-order valence-electron chi connectivity index (χ0n) is 12.1. The van der Waals surface area contributed by atoms with Gasteiger partial charge in [0.1, 0.15) is 5.83 Å². The van der Waals surface area contributed by atoms with E-state index in [1.807, 2.05) is 0 Å². The first-order valence-corrected chi connectivity index (χ1v) is 8.35. The first kappa shape index (κ1) is 17.0. The Balaban J connectivity index is 2.05. The lowest BCUT2D eigenvalue weighted by Gasteiger charge is -2.15. The highest BCUT2D eigenvalue weighted by Crippen LogP contribution is 2.34. The van der Waals surface area contributed by atoms with Crippen molar-refractivity contribution in [1.29, 1.82) is 0 Å². The van der Waals surface area contributed by atoms with E-state index in [1.165, 1.54) is 19.2 Å². The van der Waals surface area contributed by atoms with Crippen molar-refractivity contribution < 1.29 is 19.0 Å². The van der Waals surface area contributed by atoms with Crippen LogP contribution < -0.4 is 10.1 Å². The third-order valence-electron chi connectivity index (χ3n) is 3.39. The number of aromatic hydroxyl groups is 1. The van der Waals surface area contributed by atoms with Crippen molar-refractivity contribution in [3.05, 3.63) is 34.1 Å². The predicted molar refractivity (Wildman–Crippen MR) is 86.7 cm³/mol. The number of carbonyl (C=O) groups is 1. The number of hydrogen-bond acceptors (Lipinski definition) is 4. The molecule has 7 heteroatoms. The van der Waals surface area contributed by atoms with Gasteiger partial charge in [0.25, 0.3) is 5.91 Å². The molecule has 1 aliphatic heterocycles. The van der Waals surface area contributed by atoms with Crippen LogP contribution in [0, 0.1) is 0 Å². The van der Waals surface area contributed by atoms with E-state index < -0.39 is 5.91 Å². The summed E-state index contributed by atoms with van der Waals surface area (Å²) in [6.45, 7) is -0.139. The van der Waals surface area contributed by atoms with Gasteiger partial charge in [0, 0.05) is 5.56 Å². The average molecular weight is 346 g/mol. The smallest absolute Gasteiger partial charge is 0.251 e. The molecule has 22 heavy (non-hydrogen) atoms. The van der Waals surface area contributed by atoms with E-state index in [9.17, 15) is 14.3 Å². The lowest BCUT2D eigenvalue weighted by Crippen LogP contribution is -2.25. The van der Waals surface area contributed by atoms with Gasteiger partial charge in [-0.1, -0.05) is 11.6 Å². The van der Waals surface area contributed by atoms with Gasteiger partial charge >= 0.3 is 0 Å². The number of thioether (sulfide) groups is 1. The quantitative estimate of drug-likeness (QED) is 0.876. The third-order valence-corrected chi connectivity index (χ3v) is 4.67. The molecule has 0 saturated carbocycles. The monoisotopic (exact) mass is 345 g/mol. The van der Waals surface area contributed by atoms with E-state index >= 15 is 0 Å². The van der Waals surface area contributed by atoms with Crippen molar-refractivity contribution in [1.82, 2.24) is 5.32 Å². The van der Waals surface area contributed by atoms with Gasteiger partial charge in [0.2, 0.25) is 0 Å². The molecule has 1 aromatic rings. The second-order valence-corrected chi connectivity index (χ2v) is 6.44. The summed E-state index contributed by atoms with van der Waals surface area (Å²) in [4.78, 5) is 12.1. The van der Waals surface area contributed by atoms with Crippen molar-refractivity contribution >= 4 is 29.3 Å². The first-order valence-electron chi connectivity index (χ1n) is 6.81. The van der Waals surface area contributed by atoms with Crippen LogP contribution in [0.4, 0.5) is 4.39 Å². The summed E-state index contributed by atoms with van der Waals surface area (Å²) in [5, 5.41) is 12.2. The zero-order valence-corrected chi connectivity index (χ0v) is 13.7. The summed E-state index contributed by atoms with van der Waals surface area (Å²) in [7, 11) is 1.36. The predicted octanol–water partition coefficient (Wildman–Crippen LogP) is 3.53. The molecule has 0 aromatic heterocycles. The number of nitrogens with one attached hydrogen (secondary N) is 1. The van der Waals surface area contributed by atoms with E-state index in [0.717, 1.165) is 29.9 Å². The van der Waals surface area contributed by atoms with Gasteiger partial charge in [0.15, 0.2) is 11.5 Å². The molecule has 2 N–H and O–H groups in total. The lowest BCUT2D eigenvalue weighted by atomic mass is 10.1. The van der Waals surface area contributed by atoms with Gasteiger partial charge < -0.3 is 15.2 Å². The Morgan fingerprint density at radius 3 is 2.77 bits per heavy atom. The SMILES string of the molecule is COc1cc(C(=O)NCC(F)=C2CCSCC2)cc(Cl)c1O. The van der Waals surface area contributed by atoms with E-state index in [2.05, 4.69) is 5.32 Å². The van der Waals surface area contributed by atoms with E-state index in [-0.39, 0.29) is 34.5 Å². The maximum Gasteiger partial charge on any atom is 0.251 e. The topological polar surface area (TPSA) is 58.6 Å². The molecule has 1 amide bonds. The first-order chi connectivity index (χ1) is 10.5. The number of hydrogen-bond donors (Lipinski definition) is 2. The lowest BCUT2D eigenvalue weighted by molar-refractivity contribution is 0.0954. The van der Waals surface area contributed by atoms with Crippen molar-refractivity contribution in [3.8, 4) is 11.5 Å². The molecule has 0 unspecified atom stereocenters. The molecule has 120 valence electrons. The van der Waals surface area contributed by atoms with Crippen molar-refractivity contribution in [2.45, 2.75) is 12.8 Å². The number of phenolic OH excluding ortho intramolecular Hbond substituents is 1. The van der Waals surface area contributed by atoms with Crippen molar-refractivity contribution in [2.75, 3.05) is 25.2 Å². The molecular weight excluding hydrogens is 329 g/mol. The number of halogens is 2. The molecular formula is C15H17ClFNO3S. The second-order valence-electron chi connectivity index (χ2n) is 4.81. The Kier molecular flexibility index (Phi) is 5.97. The van der Waals surface area contributed by atoms with E-state index in [1.54, 1.807) is 11.8 Å². The van der Waals surface area contributed by atoms with Crippen LogP contribution in [0.3, 0.4) is 0 Å². The number of amides is 1. The Labute approximate surface area is 137 Å². The number of carbonyl (C=O) groups excluding carboxylic acids is 1. The number of benzene rings is 1. The summed E-state index contributed by atoms with van der Waals surface area (Å²) < 4.78 is 19.0. The van der Waals surface area contributed by atoms with Crippen LogP contribution in [-0.4, -0.2) is 36.2 Å². The van der Waals surface area contributed by atoms with Crippen LogP contribution in [0.15, 0.2) is 23.5 Å². The van der Waals surface area contributed by atoms with Gasteiger partial charge in [0.05, 0.1) is 18.7 Å². The normalized spacial score (nSPS) is 14.6. The van der Waals surface area contributed by atoms with Crippen LogP contribution in [0.25, 0.3) is 0 Å². The molecule has 1 saturated heterocycles. The Morgan fingerprint density at radius 1 is 1.45 bits per heavy atom. The minimum atomic E-state index is -0.471. The number of methoxy groups -OCH3 is 1. The minimum Gasteiger partial charge on any atom is -0.503 e. The molecule has 1 fully saturated rings. The molecule has 1 heterocycles. The largest absolute Gasteiger partial charge is 0.503 e. The van der Waals surface area contributed by atoms with Gasteiger partial charge in [-0.05, 0) is 42.1 Å². The zero-order chi connectivity index (χ0) is 16.1. The van der Waals surface area contributed by atoms with Crippen LogP contribution in [0.1, 0.15) is 23.2 Å². The fourth-order valence-electron chi connectivity index (χ4n) is 2.13. The van der Waals surface area contributed by atoms with Gasteiger partial charge in [-0.2, -0.15) is 11.8 Å². The second kappa shape index (κ2) is 7.74. The Hall–Kier alpha value is -1.40. The molecule has 1 aromatic carbocycles. The summed E-state index contributed by atoms with van der Waals surface area (Å²) >= 11 is 7.63. The molecule has 1 aliphatic rings. The van der Waals surface area contributed by atoms with Gasteiger partial charge in [-0.15, -0.1) is 0 Å². The van der Waals surface area contributed by atoms with Crippen LogP contribution >= 0.6 is 23.4 Å². The molecule has 0 aliphatic carbocycles. The molecule has 0 radical (unpaired) electrons. The summed E-state index contributed by atoms with van der Waals surface area (Å²) in [6, 6.07) is 2.68. The van der Waals surface area contributed by atoms with Crippen molar-refractivity contribution in [3.63, 3.8) is 0 Å². The fourth-order valence-corrected chi connectivity index (χ4v) is 3.33. The van der Waals surface area contributed by atoms with Crippen LogP contribution in [0.2, 0.25) is 5.02 Å². The van der Waals surface area contributed by atoms with E-state index in [4.69, 9.17) is 16.3 Å². The summed E-state index contributed by atoms with van der Waals surface area (Å²) in [5.41, 5.74) is 0.983. The van der Waals surface area contributed by atoms with Gasteiger partial charge in [-0.25, -0.2) is 4.39 Å². The van der Waals surface area contributed by atoms with Crippen LogP contribution in [-0.2, 0) is 0 Å². The fraction of sp³-hybridized carbons (Fsp3) is 0.400. The maximum absolute atomic E-state index is 14.0. The molecule has 4 nitrogen and oxygen atoms in total. The molecule has 0 bridgehead atoms. The summed E-state index contributed by atoms with van der Waals surface area (Å²) in [6.07, 6.45) is 1.45. The van der Waals surface area contributed by atoms with Gasteiger partial charge in [-0.3, -0.25) is 4.79 Å². The number of phenols is 1. The molecule has 0 atom stereocenters. The highest BCUT2D eigenvalue weighted by Gasteiger charge is 2.16.